The Hall–Kier alpha value is -1.91. The summed E-state index contributed by atoms with van der Waals surface area (Å²) in [6.07, 6.45) is 7.12. The van der Waals surface area contributed by atoms with E-state index in [2.05, 4.69) is 4.98 Å². The summed E-state index contributed by atoms with van der Waals surface area (Å²) in [4.78, 5) is 3.98. The van der Waals surface area contributed by atoms with Gasteiger partial charge in [-0.3, -0.25) is 0 Å². The Kier molecular flexibility index (Phi) is 3.60. The zero-order chi connectivity index (χ0) is 13.1. The number of aryl methyl sites for hydroxylation is 1. The summed E-state index contributed by atoms with van der Waals surface area (Å²) in [5, 5.41) is 19.6. The third kappa shape index (κ3) is 2.20. The first kappa shape index (κ1) is 12.5. The van der Waals surface area contributed by atoms with Gasteiger partial charge in [-0.2, -0.15) is 0 Å². The predicted octanol–water partition coefficient (Wildman–Crippen LogP) is 2.06. The molecule has 0 unspecified atom stereocenters. The lowest BCUT2D eigenvalue weighted by atomic mass is 10.2. The minimum Gasteiger partial charge on any atom is -0.503 e. The lowest BCUT2D eigenvalue weighted by molar-refractivity contribution is 0.365. The average molecular weight is 249 g/mol. The minimum absolute atomic E-state index is 0.00878. The van der Waals surface area contributed by atoms with Gasteiger partial charge < -0.3 is 19.3 Å². The molecule has 0 atom stereocenters. The maximum atomic E-state index is 9.88. The Balaban J connectivity index is 2.07. The largest absolute Gasteiger partial charge is 0.503 e. The summed E-state index contributed by atoms with van der Waals surface area (Å²) in [5.41, 5.74) is 1.77. The Labute approximate surface area is 106 Å². The van der Waals surface area contributed by atoms with Crippen molar-refractivity contribution in [2.45, 2.75) is 39.8 Å². The van der Waals surface area contributed by atoms with Crippen molar-refractivity contribution in [3.63, 3.8) is 0 Å². The van der Waals surface area contributed by atoms with E-state index in [9.17, 15) is 10.2 Å². The van der Waals surface area contributed by atoms with Crippen molar-refractivity contribution in [2.24, 2.45) is 0 Å². The van der Waals surface area contributed by atoms with Gasteiger partial charge in [0.2, 0.25) is 5.88 Å². The molecular weight excluding hydrogens is 230 g/mol. The second kappa shape index (κ2) is 5.16. The molecule has 5 nitrogen and oxygen atoms in total. The molecule has 0 aromatic carbocycles. The van der Waals surface area contributed by atoms with Gasteiger partial charge in [-0.1, -0.05) is 6.92 Å². The average Bonchev–Trinajstić information content (AvgIpc) is 2.94. The molecular formula is C13H19N3O2. The van der Waals surface area contributed by atoms with Gasteiger partial charge in [-0.05, 0) is 19.8 Å². The normalized spacial score (nSPS) is 11.0. The molecule has 0 saturated carbocycles. The van der Waals surface area contributed by atoms with Crippen LogP contribution >= 0.6 is 0 Å². The molecule has 0 amide bonds. The van der Waals surface area contributed by atoms with Crippen LogP contribution in [0.4, 0.5) is 0 Å². The molecule has 2 aromatic rings. The number of hydrogen-bond acceptors (Lipinski definition) is 3. The highest BCUT2D eigenvalue weighted by atomic mass is 16.3. The molecule has 0 radical (unpaired) electrons. The Morgan fingerprint density at radius 3 is 2.67 bits per heavy atom. The van der Waals surface area contributed by atoms with Crippen LogP contribution in [0.3, 0.4) is 0 Å². The van der Waals surface area contributed by atoms with E-state index in [1.54, 1.807) is 17.1 Å². The van der Waals surface area contributed by atoms with Crippen LogP contribution in [0.25, 0.3) is 0 Å². The Morgan fingerprint density at radius 2 is 2.06 bits per heavy atom. The molecule has 0 saturated heterocycles. The van der Waals surface area contributed by atoms with Crippen LogP contribution in [0.2, 0.25) is 0 Å². The maximum Gasteiger partial charge on any atom is 0.235 e. The molecule has 2 heterocycles. The van der Waals surface area contributed by atoms with Gasteiger partial charge in [0.1, 0.15) is 0 Å². The second-order valence-electron chi connectivity index (χ2n) is 4.40. The van der Waals surface area contributed by atoms with Gasteiger partial charge in [-0.25, -0.2) is 4.98 Å². The zero-order valence-corrected chi connectivity index (χ0v) is 10.8. The van der Waals surface area contributed by atoms with Crippen LogP contribution in [0.5, 0.6) is 11.6 Å². The fraction of sp³-hybridized carbons (Fsp3) is 0.462. The lowest BCUT2D eigenvalue weighted by Crippen LogP contribution is -2.06. The fourth-order valence-corrected chi connectivity index (χ4v) is 2.29. The molecule has 2 rings (SSSR count). The third-order valence-corrected chi connectivity index (χ3v) is 3.27. The molecule has 0 aliphatic rings. The van der Waals surface area contributed by atoms with E-state index < -0.39 is 0 Å². The van der Waals surface area contributed by atoms with E-state index in [0.717, 1.165) is 30.6 Å². The van der Waals surface area contributed by atoms with Crippen molar-refractivity contribution in [1.82, 2.24) is 14.1 Å². The first-order chi connectivity index (χ1) is 8.65. The molecule has 5 heteroatoms. The highest BCUT2D eigenvalue weighted by molar-refractivity contribution is 5.46. The molecule has 0 spiro atoms. The number of imidazole rings is 1. The molecule has 98 valence electrons. The SMILES string of the molecule is CCc1c(C)c(O)c(O)n1CCCn1ccnc1. The molecule has 2 N–H and O–H groups in total. The van der Waals surface area contributed by atoms with Crippen LogP contribution < -0.4 is 0 Å². The summed E-state index contributed by atoms with van der Waals surface area (Å²) in [7, 11) is 0. The minimum atomic E-state index is -0.0185. The maximum absolute atomic E-state index is 9.88. The number of aromatic hydroxyl groups is 2. The fourth-order valence-electron chi connectivity index (χ4n) is 2.29. The van der Waals surface area contributed by atoms with Crippen LogP contribution in [-0.2, 0) is 19.5 Å². The van der Waals surface area contributed by atoms with E-state index in [-0.39, 0.29) is 11.6 Å². The van der Waals surface area contributed by atoms with Crippen molar-refractivity contribution < 1.29 is 10.2 Å². The highest BCUT2D eigenvalue weighted by Crippen LogP contribution is 2.34. The number of rotatable bonds is 5. The smallest absolute Gasteiger partial charge is 0.235 e. The van der Waals surface area contributed by atoms with E-state index in [0.29, 0.717) is 6.54 Å². The summed E-state index contributed by atoms with van der Waals surface area (Å²) < 4.78 is 3.79. The van der Waals surface area contributed by atoms with Gasteiger partial charge in [-0.15, -0.1) is 0 Å². The van der Waals surface area contributed by atoms with Gasteiger partial charge >= 0.3 is 0 Å². The Bertz CT molecular complexity index is 515. The number of hydrogen-bond donors (Lipinski definition) is 2. The van der Waals surface area contributed by atoms with Gasteiger partial charge in [0, 0.05) is 36.7 Å². The topological polar surface area (TPSA) is 63.2 Å². The van der Waals surface area contributed by atoms with Crippen molar-refractivity contribution in [1.29, 1.82) is 0 Å². The first-order valence-electron chi connectivity index (χ1n) is 6.20. The zero-order valence-electron chi connectivity index (χ0n) is 10.8. The predicted molar refractivity (Wildman–Crippen MR) is 68.7 cm³/mol. The quantitative estimate of drug-likeness (QED) is 0.852. The molecule has 0 aliphatic heterocycles. The van der Waals surface area contributed by atoms with Crippen molar-refractivity contribution >= 4 is 0 Å². The van der Waals surface area contributed by atoms with Gasteiger partial charge in [0.15, 0.2) is 5.75 Å². The van der Waals surface area contributed by atoms with E-state index >= 15 is 0 Å². The summed E-state index contributed by atoms with van der Waals surface area (Å²) in [6, 6.07) is 0. The van der Waals surface area contributed by atoms with Gasteiger partial charge in [0.25, 0.3) is 0 Å². The molecule has 2 aromatic heterocycles. The monoisotopic (exact) mass is 249 g/mol. The molecule has 0 bridgehead atoms. The molecule has 0 aliphatic carbocycles. The highest BCUT2D eigenvalue weighted by Gasteiger charge is 2.17. The number of aromatic nitrogens is 3. The second-order valence-corrected chi connectivity index (χ2v) is 4.40. The molecule has 0 fully saturated rings. The van der Waals surface area contributed by atoms with E-state index in [4.69, 9.17) is 0 Å². The van der Waals surface area contributed by atoms with Gasteiger partial charge in [0.05, 0.1) is 6.33 Å². The number of nitrogens with zero attached hydrogens (tertiary/aromatic N) is 3. The molecule has 18 heavy (non-hydrogen) atoms. The standard InChI is InChI=1S/C13H19N3O2/c1-3-11-10(2)12(17)13(18)16(11)7-4-6-15-8-5-14-9-15/h5,8-9,17-18H,3-4,6-7H2,1-2H3. The lowest BCUT2D eigenvalue weighted by Gasteiger charge is -2.09. The summed E-state index contributed by atoms with van der Waals surface area (Å²) in [6.45, 7) is 5.39. The van der Waals surface area contributed by atoms with E-state index in [1.165, 1.54) is 0 Å². The van der Waals surface area contributed by atoms with Crippen molar-refractivity contribution in [3.05, 3.63) is 30.0 Å². The van der Waals surface area contributed by atoms with Crippen LogP contribution in [0.15, 0.2) is 18.7 Å². The van der Waals surface area contributed by atoms with Crippen molar-refractivity contribution in [3.8, 4) is 11.6 Å². The van der Waals surface area contributed by atoms with Crippen LogP contribution in [-0.4, -0.2) is 24.3 Å². The first-order valence-corrected chi connectivity index (χ1v) is 6.20. The Morgan fingerprint density at radius 1 is 1.28 bits per heavy atom. The summed E-state index contributed by atoms with van der Waals surface area (Å²) >= 11 is 0. The summed E-state index contributed by atoms with van der Waals surface area (Å²) in [5.74, 6) is -0.00976. The van der Waals surface area contributed by atoms with Crippen molar-refractivity contribution in [2.75, 3.05) is 0 Å². The van der Waals surface area contributed by atoms with Crippen LogP contribution in [0, 0.1) is 6.92 Å². The van der Waals surface area contributed by atoms with Crippen LogP contribution in [0.1, 0.15) is 24.6 Å². The van der Waals surface area contributed by atoms with E-state index in [1.807, 2.05) is 24.6 Å². The third-order valence-electron chi connectivity index (χ3n) is 3.27.